The second kappa shape index (κ2) is 8.18. The molecule has 0 fully saturated rings. The van der Waals surface area contributed by atoms with Gasteiger partial charge in [-0.15, -0.1) is 11.3 Å². The van der Waals surface area contributed by atoms with Gasteiger partial charge in [-0.1, -0.05) is 24.3 Å². The third-order valence-electron chi connectivity index (χ3n) is 2.56. The maximum Gasteiger partial charge on any atom is 0.250 e. The molecule has 1 aromatic heterocycles. The van der Waals surface area contributed by atoms with E-state index in [4.69, 9.17) is 4.74 Å². The Hall–Kier alpha value is -2.18. The number of rotatable bonds is 7. The maximum atomic E-state index is 11.6. The molecule has 21 heavy (non-hydrogen) atoms. The molecule has 110 valence electrons. The summed E-state index contributed by atoms with van der Waals surface area (Å²) in [5.41, 5.74) is 0.702. The summed E-state index contributed by atoms with van der Waals surface area (Å²) in [5, 5.41) is 7.35. The van der Waals surface area contributed by atoms with Gasteiger partial charge in [-0.25, -0.2) is 0 Å². The standard InChI is InChI=1S/C15H16N2O3S/c18-14(16-9-13-7-4-8-21-13)10-20-11-15(19)17-12-5-2-1-3-6-12/h1-8H,9-11H2,(H,16,18)(H,17,19). The van der Waals surface area contributed by atoms with Gasteiger partial charge in [-0.05, 0) is 23.6 Å². The van der Waals surface area contributed by atoms with Gasteiger partial charge < -0.3 is 15.4 Å². The summed E-state index contributed by atoms with van der Waals surface area (Å²) in [6.45, 7) is 0.199. The minimum Gasteiger partial charge on any atom is -0.362 e. The summed E-state index contributed by atoms with van der Waals surface area (Å²) in [7, 11) is 0. The van der Waals surface area contributed by atoms with E-state index >= 15 is 0 Å². The van der Waals surface area contributed by atoms with Gasteiger partial charge in [0.1, 0.15) is 13.2 Å². The Morgan fingerprint density at radius 3 is 2.48 bits per heavy atom. The molecule has 0 aliphatic rings. The third kappa shape index (κ3) is 5.76. The monoisotopic (exact) mass is 304 g/mol. The second-order valence-corrected chi connectivity index (χ2v) is 5.30. The first-order chi connectivity index (χ1) is 10.2. The molecule has 0 saturated heterocycles. The quantitative estimate of drug-likeness (QED) is 0.822. The number of ether oxygens (including phenoxy) is 1. The topological polar surface area (TPSA) is 67.4 Å². The van der Waals surface area contributed by atoms with E-state index in [0.29, 0.717) is 12.2 Å². The van der Waals surface area contributed by atoms with E-state index < -0.39 is 0 Å². The van der Waals surface area contributed by atoms with E-state index in [9.17, 15) is 9.59 Å². The van der Waals surface area contributed by atoms with Crippen LogP contribution in [0, 0.1) is 0 Å². The van der Waals surface area contributed by atoms with Crippen LogP contribution in [0.1, 0.15) is 4.88 Å². The molecule has 2 aromatic rings. The van der Waals surface area contributed by atoms with E-state index in [0.717, 1.165) is 4.88 Å². The van der Waals surface area contributed by atoms with Crippen molar-refractivity contribution in [1.82, 2.24) is 5.32 Å². The number of thiophene rings is 1. The van der Waals surface area contributed by atoms with E-state index in [1.807, 2.05) is 35.7 Å². The molecule has 0 saturated carbocycles. The average molecular weight is 304 g/mol. The summed E-state index contributed by atoms with van der Waals surface area (Å²) in [4.78, 5) is 24.2. The van der Waals surface area contributed by atoms with E-state index in [1.165, 1.54) is 0 Å². The van der Waals surface area contributed by atoms with Gasteiger partial charge in [-0.2, -0.15) is 0 Å². The van der Waals surface area contributed by atoms with Gasteiger partial charge in [0.2, 0.25) is 11.8 Å². The van der Waals surface area contributed by atoms with Crippen molar-refractivity contribution in [2.45, 2.75) is 6.54 Å². The molecule has 0 spiro atoms. The van der Waals surface area contributed by atoms with Gasteiger partial charge in [0.25, 0.3) is 0 Å². The lowest BCUT2D eigenvalue weighted by Crippen LogP contribution is -2.29. The zero-order valence-corrected chi connectivity index (χ0v) is 12.2. The molecule has 2 rings (SSSR count). The zero-order valence-electron chi connectivity index (χ0n) is 11.4. The number of carbonyl (C=O) groups is 2. The Labute approximate surface area is 126 Å². The number of carbonyl (C=O) groups excluding carboxylic acids is 2. The highest BCUT2D eigenvalue weighted by molar-refractivity contribution is 7.09. The summed E-state index contributed by atoms with van der Waals surface area (Å²) >= 11 is 1.58. The van der Waals surface area contributed by atoms with Gasteiger partial charge >= 0.3 is 0 Å². The predicted molar refractivity (Wildman–Crippen MR) is 82.1 cm³/mol. The van der Waals surface area contributed by atoms with Crippen LogP contribution in [0.5, 0.6) is 0 Å². The minimum atomic E-state index is -0.285. The second-order valence-electron chi connectivity index (χ2n) is 4.26. The molecule has 1 heterocycles. The van der Waals surface area contributed by atoms with Crippen LogP contribution in [0.25, 0.3) is 0 Å². The Bertz CT molecular complexity index is 570. The highest BCUT2D eigenvalue weighted by atomic mass is 32.1. The lowest BCUT2D eigenvalue weighted by atomic mass is 10.3. The third-order valence-corrected chi connectivity index (χ3v) is 3.44. The summed E-state index contributed by atoms with van der Waals surface area (Å²) < 4.78 is 5.08. The van der Waals surface area contributed by atoms with Crippen molar-refractivity contribution in [2.24, 2.45) is 0 Å². The molecule has 2 amide bonds. The van der Waals surface area contributed by atoms with Crippen LogP contribution in [-0.2, 0) is 20.9 Å². The molecule has 6 heteroatoms. The van der Waals surface area contributed by atoms with Crippen molar-refractivity contribution in [3.63, 3.8) is 0 Å². The molecular formula is C15H16N2O3S. The van der Waals surface area contributed by atoms with Gasteiger partial charge in [0.15, 0.2) is 0 Å². The molecular weight excluding hydrogens is 288 g/mol. The van der Waals surface area contributed by atoms with Crippen LogP contribution >= 0.6 is 11.3 Å². The van der Waals surface area contributed by atoms with Crippen molar-refractivity contribution in [1.29, 1.82) is 0 Å². The SMILES string of the molecule is O=C(COCC(=O)Nc1ccccc1)NCc1cccs1. The lowest BCUT2D eigenvalue weighted by Gasteiger charge is -2.06. The molecule has 0 bridgehead atoms. The van der Waals surface area contributed by atoms with Crippen molar-refractivity contribution in [3.05, 3.63) is 52.7 Å². The smallest absolute Gasteiger partial charge is 0.250 e. The fraction of sp³-hybridized carbons (Fsp3) is 0.200. The first-order valence-corrected chi connectivity index (χ1v) is 7.34. The van der Waals surface area contributed by atoms with Crippen molar-refractivity contribution >= 4 is 28.8 Å². The molecule has 1 aromatic carbocycles. The number of anilines is 1. The summed E-state index contributed by atoms with van der Waals surface area (Å²) in [6.07, 6.45) is 0. The molecule has 0 aliphatic carbocycles. The van der Waals surface area contributed by atoms with Crippen LogP contribution in [0.4, 0.5) is 5.69 Å². The van der Waals surface area contributed by atoms with Crippen LogP contribution in [-0.4, -0.2) is 25.0 Å². The first-order valence-electron chi connectivity index (χ1n) is 6.46. The molecule has 0 radical (unpaired) electrons. The number of amides is 2. The van der Waals surface area contributed by atoms with Crippen molar-refractivity contribution in [2.75, 3.05) is 18.5 Å². The van der Waals surface area contributed by atoms with Crippen LogP contribution < -0.4 is 10.6 Å². The molecule has 5 nitrogen and oxygen atoms in total. The average Bonchev–Trinajstić information content (AvgIpc) is 2.99. The number of hydrogen-bond acceptors (Lipinski definition) is 4. The Balaban J connectivity index is 1.60. The van der Waals surface area contributed by atoms with Gasteiger partial charge in [0.05, 0.1) is 6.54 Å². The minimum absolute atomic E-state index is 0.131. The Morgan fingerprint density at radius 2 is 1.76 bits per heavy atom. The van der Waals surface area contributed by atoms with Gasteiger partial charge in [0, 0.05) is 10.6 Å². The fourth-order valence-corrected chi connectivity index (χ4v) is 2.25. The van der Waals surface area contributed by atoms with E-state index in [2.05, 4.69) is 10.6 Å². The number of nitrogens with one attached hydrogen (secondary N) is 2. The van der Waals surface area contributed by atoms with Crippen LogP contribution in [0.2, 0.25) is 0 Å². The molecule has 0 unspecified atom stereocenters. The predicted octanol–water partition coefficient (Wildman–Crippen LogP) is 2.02. The summed E-state index contributed by atoms with van der Waals surface area (Å²) in [6, 6.07) is 13.0. The first kappa shape index (κ1) is 15.2. The number of para-hydroxylation sites is 1. The van der Waals surface area contributed by atoms with E-state index in [1.54, 1.807) is 23.5 Å². The lowest BCUT2D eigenvalue weighted by molar-refractivity contribution is -0.128. The zero-order chi connectivity index (χ0) is 14.9. The fourth-order valence-electron chi connectivity index (χ4n) is 1.60. The normalized spacial score (nSPS) is 10.1. The molecule has 0 aliphatic heterocycles. The Kier molecular flexibility index (Phi) is 5.93. The van der Waals surface area contributed by atoms with Crippen molar-refractivity contribution < 1.29 is 14.3 Å². The highest BCUT2D eigenvalue weighted by Crippen LogP contribution is 2.07. The highest BCUT2D eigenvalue weighted by Gasteiger charge is 2.05. The molecule has 0 atom stereocenters. The van der Waals surface area contributed by atoms with Gasteiger partial charge in [-0.3, -0.25) is 9.59 Å². The number of hydrogen-bond donors (Lipinski definition) is 2. The number of benzene rings is 1. The van der Waals surface area contributed by atoms with E-state index in [-0.39, 0.29) is 25.0 Å². The van der Waals surface area contributed by atoms with Crippen LogP contribution in [0.15, 0.2) is 47.8 Å². The molecule has 2 N–H and O–H groups in total. The maximum absolute atomic E-state index is 11.6. The van der Waals surface area contributed by atoms with Crippen LogP contribution in [0.3, 0.4) is 0 Å². The largest absolute Gasteiger partial charge is 0.362 e. The summed E-state index contributed by atoms with van der Waals surface area (Å²) in [5.74, 6) is -0.525. The Morgan fingerprint density at radius 1 is 1.00 bits per heavy atom. The van der Waals surface area contributed by atoms with Crippen molar-refractivity contribution in [3.8, 4) is 0 Å².